The van der Waals surface area contributed by atoms with Gasteiger partial charge in [-0.05, 0) is 41.1 Å². The Morgan fingerprint density at radius 1 is 1.03 bits per heavy atom. The van der Waals surface area contributed by atoms with Crippen molar-refractivity contribution in [2.75, 3.05) is 26.7 Å². The van der Waals surface area contributed by atoms with Gasteiger partial charge in [0.1, 0.15) is 11.6 Å². The second-order valence-electron chi connectivity index (χ2n) is 6.74. The molecule has 3 aromatic carbocycles. The minimum Gasteiger partial charge on any atom is -0.508 e. The summed E-state index contributed by atoms with van der Waals surface area (Å²) in [6, 6.07) is 21.6. The van der Waals surface area contributed by atoms with Gasteiger partial charge < -0.3 is 20.8 Å². The number of likely N-dealkylation sites (N-methyl/N-ethyl adjacent to an activating group) is 1. The topological polar surface area (TPSA) is 76.9 Å². The van der Waals surface area contributed by atoms with Gasteiger partial charge in [0, 0.05) is 19.5 Å². The first-order valence-electron chi connectivity index (χ1n) is 9.53. The fourth-order valence-corrected chi connectivity index (χ4v) is 3.24. The van der Waals surface area contributed by atoms with E-state index in [1.54, 1.807) is 31.3 Å². The van der Waals surface area contributed by atoms with Crippen molar-refractivity contribution in [3.05, 3.63) is 77.9 Å². The van der Waals surface area contributed by atoms with Gasteiger partial charge >= 0.3 is 0 Å². The van der Waals surface area contributed by atoms with Gasteiger partial charge in [-0.25, -0.2) is 0 Å². The molecule has 0 aromatic heterocycles. The molecule has 162 valence electrons. The van der Waals surface area contributed by atoms with Gasteiger partial charge in [-0.1, -0.05) is 54.6 Å². The Bertz CT molecular complexity index is 945. The molecule has 0 aliphatic carbocycles. The zero-order chi connectivity index (χ0) is 19.8. The minimum absolute atomic E-state index is 0. The molecule has 1 aliphatic rings. The summed E-state index contributed by atoms with van der Waals surface area (Å²) in [7, 11) is 1.77. The van der Waals surface area contributed by atoms with Gasteiger partial charge in [-0.2, -0.15) is 0 Å². The summed E-state index contributed by atoms with van der Waals surface area (Å²) in [5, 5.41) is 27.4. The van der Waals surface area contributed by atoms with E-state index in [4.69, 9.17) is 5.11 Å². The number of rotatable bonds is 5. The van der Waals surface area contributed by atoms with Crippen molar-refractivity contribution >= 4 is 41.4 Å². The quantitative estimate of drug-likeness (QED) is 0.476. The molecule has 4 rings (SSSR count). The number of hydrogen-bond acceptors (Lipinski definition) is 5. The Morgan fingerprint density at radius 2 is 1.77 bits per heavy atom. The van der Waals surface area contributed by atoms with Crippen LogP contribution in [0.25, 0.3) is 10.8 Å². The van der Waals surface area contributed by atoms with Crippen LogP contribution in [-0.4, -0.2) is 42.7 Å². The van der Waals surface area contributed by atoms with E-state index in [2.05, 4.69) is 58.1 Å². The standard InChI is InChI=1S/C14H14N2.C9H13NO2.2ClH/c1-2-7-13-11(4-1)5-3-6-12(13)10-14-15-8-9-16-14;1-10-6-9(12)7-3-2-4-8(11)5-7;;/h1-7H,8-10H2,(H,15,16);2-5,9-12H,6H2,1H3;2*1H/t;9-;;/m.0../s1. The highest BCUT2D eigenvalue weighted by atomic mass is 35.5. The molecule has 1 atom stereocenters. The SMILES string of the molecule is CNC[C@H](O)c1cccc(O)c1.Cl.Cl.c1ccc2c(CC3=NCCN3)cccc2c1. The Hall–Kier alpha value is -2.31. The average Bonchev–Trinajstić information content (AvgIpc) is 3.22. The highest BCUT2D eigenvalue weighted by molar-refractivity contribution is 5.92. The summed E-state index contributed by atoms with van der Waals surface area (Å²) in [6.45, 7) is 2.39. The van der Waals surface area contributed by atoms with Crippen LogP contribution in [0, 0.1) is 0 Å². The monoisotopic (exact) mass is 449 g/mol. The molecule has 0 fully saturated rings. The van der Waals surface area contributed by atoms with Gasteiger partial charge in [0.05, 0.1) is 12.6 Å². The fraction of sp³-hybridized carbons (Fsp3) is 0.261. The summed E-state index contributed by atoms with van der Waals surface area (Å²) >= 11 is 0. The van der Waals surface area contributed by atoms with Crippen molar-refractivity contribution in [3.63, 3.8) is 0 Å². The van der Waals surface area contributed by atoms with Crippen LogP contribution < -0.4 is 10.6 Å². The van der Waals surface area contributed by atoms with E-state index < -0.39 is 6.10 Å². The smallest absolute Gasteiger partial charge is 0.115 e. The van der Waals surface area contributed by atoms with Crippen molar-refractivity contribution in [3.8, 4) is 5.75 Å². The molecule has 0 radical (unpaired) electrons. The number of nitrogens with one attached hydrogen (secondary N) is 2. The Morgan fingerprint density at radius 3 is 2.47 bits per heavy atom. The van der Waals surface area contributed by atoms with Gasteiger partial charge in [0.25, 0.3) is 0 Å². The molecule has 0 amide bonds. The number of aliphatic hydroxyl groups excluding tert-OH is 1. The zero-order valence-electron chi connectivity index (χ0n) is 16.9. The largest absolute Gasteiger partial charge is 0.508 e. The lowest BCUT2D eigenvalue weighted by atomic mass is 10.0. The van der Waals surface area contributed by atoms with E-state index in [9.17, 15) is 5.11 Å². The van der Waals surface area contributed by atoms with E-state index in [0.717, 1.165) is 30.9 Å². The molecule has 0 saturated carbocycles. The number of aliphatic hydroxyl groups is 1. The number of halogens is 2. The molecule has 30 heavy (non-hydrogen) atoms. The van der Waals surface area contributed by atoms with Crippen molar-refractivity contribution in [1.29, 1.82) is 0 Å². The summed E-state index contributed by atoms with van der Waals surface area (Å²) < 4.78 is 0. The third kappa shape index (κ3) is 7.18. The number of benzene rings is 3. The van der Waals surface area contributed by atoms with Crippen LogP contribution in [0.4, 0.5) is 0 Å². The van der Waals surface area contributed by atoms with Crippen LogP contribution in [0.1, 0.15) is 17.2 Å². The van der Waals surface area contributed by atoms with E-state index >= 15 is 0 Å². The maximum atomic E-state index is 9.47. The second-order valence-corrected chi connectivity index (χ2v) is 6.74. The number of amidine groups is 1. The van der Waals surface area contributed by atoms with Gasteiger partial charge in [-0.3, -0.25) is 4.99 Å². The number of nitrogens with zero attached hydrogens (tertiary/aromatic N) is 1. The molecule has 5 nitrogen and oxygen atoms in total. The highest BCUT2D eigenvalue weighted by Crippen LogP contribution is 2.19. The van der Waals surface area contributed by atoms with Crippen molar-refractivity contribution in [2.24, 2.45) is 4.99 Å². The lowest BCUT2D eigenvalue weighted by Crippen LogP contribution is -2.20. The van der Waals surface area contributed by atoms with Crippen LogP contribution in [0.3, 0.4) is 0 Å². The molecule has 0 bridgehead atoms. The van der Waals surface area contributed by atoms with E-state index in [0.29, 0.717) is 6.54 Å². The summed E-state index contributed by atoms with van der Waals surface area (Å²) in [5.41, 5.74) is 2.08. The van der Waals surface area contributed by atoms with Crippen LogP contribution in [0.2, 0.25) is 0 Å². The zero-order valence-corrected chi connectivity index (χ0v) is 18.5. The van der Waals surface area contributed by atoms with Crippen LogP contribution in [0.15, 0.2) is 71.7 Å². The van der Waals surface area contributed by atoms with Crippen LogP contribution >= 0.6 is 24.8 Å². The lowest BCUT2D eigenvalue weighted by molar-refractivity contribution is 0.177. The Labute approximate surface area is 190 Å². The van der Waals surface area contributed by atoms with Crippen LogP contribution in [0.5, 0.6) is 5.75 Å². The van der Waals surface area contributed by atoms with Crippen LogP contribution in [-0.2, 0) is 6.42 Å². The second kappa shape index (κ2) is 13.1. The maximum Gasteiger partial charge on any atom is 0.115 e. The van der Waals surface area contributed by atoms with Gasteiger partial charge in [0.15, 0.2) is 0 Å². The van der Waals surface area contributed by atoms with Gasteiger partial charge in [0.2, 0.25) is 0 Å². The average molecular weight is 450 g/mol. The molecule has 7 heteroatoms. The predicted molar refractivity (Wildman–Crippen MR) is 129 cm³/mol. The Balaban J connectivity index is 0.000000293. The number of aliphatic imine (C=N–C) groups is 1. The first kappa shape index (κ1) is 25.7. The van der Waals surface area contributed by atoms with Crippen molar-refractivity contribution in [1.82, 2.24) is 10.6 Å². The van der Waals surface area contributed by atoms with Crippen molar-refractivity contribution in [2.45, 2.75) is 12.5 Å². The summed E-state index contributed by atoms with van der Waals surface area (Å²) in [4.78, 5) is 4.44. The van der Waals surface area contributed by atoms with E-state index in [-0.39, 0.29) is 30.6 Å². The summed E-state index contributed by atoms with van der Waals surface area (Å²) in [5.74, 6) is 1.30. The van der Waals surface area contributed by atoms with Gasteiger partial charge in [-0.15, -0.1) is 24.8 Å². The van der Waals surface area contributed by atoms with Crippen molar-refractivity contribution < 1.29 is 10.2 Å². The molecule has 3 aromatic rings. The Kier molecular flexibility index (Phi) is 11.2. The maximum absolute atomic E-state index is 9.47. The number of phenols is 1. The first-order chi connectivity index (χ1) is 13.7. The highest BCUT2D eigenvalue weighted by Gasteiger charge is 2.08. The van der Waals surface area contributed by atoms with E-state index in [1.807, 2.05) is 0 Å². The molecule has 4 N–H and O–H groups in total. The number of aromatic hydroxyl groups is 1. The molecule has 1 aliphatic heterocycles. The number of hydrogen-bond donors (Lipinski definition) is 4. The molecular formula is C23H29Cl2N3O2. The molecular weight excluding hydrogens is 421 g/mol. The first-order valence-corrected chi connectivity index (χ1v) is 9.53. The third-order valence-corrected chi connectivity index (χ3v) is 4.63. The molecule has 0 unspecified atom stereocenters. The number of phenolic OH excluding ortho intramolecular Hbond substituents is 1. The summed E-state index contributed by atoms with van der Waals surface area (Å²) in [6.07, 6.45) is 0.364. The lowest BCUT2D eigenvalue weighted by Gasteiger charge is -2.09. The molecule has 0 saturated heterocycles. The molecule has 1 heterocycles. The normalized spacial score (nSPS) is 13.1. The molecule has 0 spiro atoms. The third-order valence-electron chi connectivity index (χ3n) is 4.63. The predicted octanol–water partition coefficient (Wildman–Crippen LogP) is 3.87. The fourth-order valence-electron chi connectivity index (χ4n) is 3.24. The minimum atomic E-state index is -0.554. The number of fused-ring (bicyclic) bond motifs is 1. The van der Waals surface area contributed by atoms with E-state index in [1.165, 1.54) is 16.3 Å².